The number of carbonyl (C=O) groups is 1. The minimum atomic E-state index is 0. The Hall–Kier alpha value is -1.26. The van der Waals surface area contributed by atoms with Gasteiger partial charge in [-0.15, -0.1) is 12.4 Å². The van der Waals surface area contributed by atoms with Gasteiger partial charge in [0, 0.05) is 20.1 Å². The van der Waals surface area contributed by atoms with Gasteiger partial charge >= 0.3 is 0 Å². The fourth-order valence-electron chi connectivity index (χ4n) is 1.90. The standard InChI is InChI=1S/C14H20N2O2.ClH/c1-11-5-3-4-6-13(11)18-8-7-16(2)14(17)12-9-15-10-12;/h3-6,12,15H,7-10H2,1-2H3;1H. The van der Waals surface area contributed by atoms with Gasteiger partial charge in [0.2, 0.25) is 5.91 Å². The smallest absolute Gasteiger partial charge is 0.228 e. The summed E-state index contributed by atoms with van der Waals surface area (Å²) in [7, 11) is 1.84. The van der Waals surface area contributed by atoms with E-state index in [9.17, 15) is 4.79 Å². The van der Waals surface area contributed by atoms with Crippen LogP contribution < -0.4 is 10.1 Å². The molecule has 1 fully saturated rings. The summed E-state index contributed by atoms with van der Waals surface area (Å²) in [5.41, 5.74) is 1.12. The summed E-state index contributed by atoms with van der Waals surface area (Å²) in [6.07, 6.45) is 0. The van der Waals surface area contributed by atoms with E-state index in [0.29, 0.717) is 13.2 Å². The maximum absolute atomic E-state index is 11.9. The summed E-state index contributed by atoms with van der Waals surface area (Å²) >= 11 is 0. The summed E-state index contributed by atoms with van der Waals surface area (Å²) in [5, 5.41) is 3.11. The molecular weight excluding hydrogens is 264 g/mol. The van der Waals surface area contributed by atoms with Crippen LogP contribution in [0.2, 0.25) is 0 Å². The van der Waals surface area contributed by atoms with Gasteiger partial charge in [0.05, 0.1) is 12.5 Å². The van der Waals surface area contributed by atoms with Crippen molar-refractivity contribution in [1.82, 2.24) is 10.2 Å². The van der Waals surface area contributed by atoms with Crippen molar-refractivity contribution < 1.29 is 9.53 Å². The van der Waals surface area contributed by atoms with Crippen molar-refractivity contribution in [3.05, 3.63) is 29.8 Å². The summed E-state index contributed by atoms with van der Waals surface area (Å²) in [6, 6.07) is 7.91. The highest BCUT2D eigenvalue weighted by Gasteiger charge is 2.27. The first kappa shape index (κ1) is 15.8. The number of aryl methyl sites for hydroxylation is 1. The molecule has 0 spiro atoms. The summed E-state index contributed by atoms with van der Waals surface area (Å²) in [6.45, 7) is 4.80. The highest BCUT2D eigenvalue weighted by molar-refractivity contribution is 5.85. The predicted molar refractivity (Wildman–Crippen MR) is 77.9 cm³/mol. The van der Waals surface area contributed by atoms with E-state index in [1.165, 1.54) is 0 Å². The average molecular weight is 285 g/mol. The third-order valence-electron chi connectivity index (χ3n) is 3.28. The van der Waals surface area contributed by atoms with Crippen LogP contribution >= 0.6 is 12.4 Å². The molecule has 0 atom stereocenters. The van der Waals surface area contributed by atoms with Gasteiger partial charge in [-0.05, 0) is 18.6 Å². The molecule has 1 amide bonds. The number of carbonyl (C=O) groups excluding carboxylic acids is 1. The molecule has 1 aromatic carbocycles. The summed E-state index contributed by atoms with van der Waals surface area (Å²) < 4.78 is 5.68. The van der Waals surface area contributed by atoms with Crippen molar-refractivity contribution in [2.45, 2.75) is 6.92 Å². The van der Waals surface area contributed by atoms with Crippen molar-refractivity contribution in [2.24, 2.45) is 5.92 Å². The van der Waals surface area contributed by atoms with Crippen LogP contribution in [-0.2, 0) is 4.79 Å². The normalized spacial score (nSPS) is 14.2. The Bertz CT molecular complexity index is 422. The van der Waals surface area contributed by atoms with Crippen molar-refractivity contribution in [2.75, 3.05) is 33.3 Å². The second-order valence-corrected chi connectivity index (χ2v) is 4.73. The zero-order valence-electron chi connectivity index (χ0n) is 11.4. The molecule has 0 unspecified atom stereocenters. The highest BCUT2D eigenvalue weighted by Crippen LogP contribution is 2.16. The number of ether oxygens (including phenoxy) is 1. The van der Waals surface area contributed by atoms with Crippen molar-refractivity contribution in [3.8, 4) is 5.75 Å². The summed E-state index contributed by atoms with van der Waals surface area (Å²) in [5.74, 6) is 1.26. The molecule has 106 valence electrons. The van der Waals surface area contributed by atoms with Gasteiger partial charge in [0.1, 0.15) is 12.4 Å². The van der Waals surface area contributed by atoms with Gasteiger partial charge < -0.3 is 15.0 Å². The molecule has 1 aliphatic heterocycles. The van der Waals surface area contributed by atoms with E-state index >= 15 is 0 Å². The van der Waals surface area contributed by atoms with Crippen LogP contribution in [0.4, 0.5) is 0 Å². The topological polar surface area (TPSA) is 41.6 Å². The lowest BCUT2D eigenvalue weighted by atomic mass is 10.0. The number of hydrogen-bond donors (Lipinski definition) is 1. The minimum Gasteiger partial charge on any atom is -0.491 e. The average Bonchev–Trinajstić information content (AvgIpc) is 2.29. The molecule has 0 bridgehead atoms. The first-order valence-electron chi connectivity index (χ1n) is 6.32. The van der Waals surface area contributed by atoms with E-state index in [-0.39, 0.29) is 24.2 Å². The van der Waals surface area contributed by atoms with Crippen LogP contribution in [0.1, 0.15) is 5.56 Å². The van der Waals surface area contributed by atoms with Gasteiger partial charge in [-0.2, -0.15) is 0 Å². The highest BCUT2D eigenvalue weighted by atomic mass is 35.5. The maximum Gasteiger partial charge on any atom is 0.228 e. The number of likely N-dealkylation sites (N-methyl/N-ethyl adjacent to an activating group) is 1. The fourth-order valence-corrected chi connectivity index (χ4v) is 1.90. The molecule has 2 rings (SSSR count). The van der Waals surface area contributed by atoms with Gasteiger partial charge in [0.25, 0.3) is 0 Å². The Labute approximate surface area is 120 Å². The van der Waals surface area contributed by atoms with Gasteiger partial charge in [0.15, 0.2) is 0 Å². The molecule has 0 radical (unpaired) electrons. The number of para-hydroxylation sites is 1. The third kappa shape index (κ3) is 4.11. The number of nitrogens with one attached hydrogen (secondary N) is 1. The van der Waals surface area contributed by atoms with E-state index < -0.39 is 0 Å². The Kier molecular flexibility index (Phi) is 6.12. The zero-order valence-corrected chi connectivity index (χ0v) is 12.2. The van der Waals surface area contributed by atoms with E-state index in [1.807, 2.05) is 38.2 Å². The zero-order chi connectivity index (χ0) is 13.0. The van der Waals surface area contributed by atoms with Crippen LogP contribution in [0.3, 0.4) is 0 Å². The minimum absolute atomic E-state index is 0. The molecule has 0 aromatic heterocycles. The van der Waals surface area contributed by atoms with E-state index in [2.05, 4.69) is 5.32 Å². The van der Waals surface area contributed by atoms with Crippen LogP contribution in [-0.4, -0.2) is 44.1 Å². The molecule has 5 heteroatoms. The lowest BCUT2D eigenvalue weighted by Gasteiger charge is -2.30. The molecule has 1 saturated heterocycles. The molecule has 4 nitrogen and oxygen atoms in total. The van der Waals surface area contributed by atoms with Crippen LogP contribution in [0.5, 0.6) is 5.75 Å². The number of nitrogens with zero attached hydrogens (tertiary/aromatic N) is 1. The lowest BCUT2D eigenvalue weighted by Crippen LogP contribution is -2.51. The third-order valence-corrected chi connectivity index (χ3v) is 3.28. The predicted octanol–water partition coefficient (Wildman–Crippen LogP) is 1.47. The molecular formula is C14H21ClN2O2. The molecule has 1 aliphatic rings. The Morgan fingerprint density at radius 3 is 2.68 bits per heavy atom. The number of amides is 1. The SMILES string of the molecule is Cc1ccccc1OCCN(C)C(=O)C1CNC1.Cl. The van der Waals surface area contributed by atoms with Crippen molar-refractivity contribution in [1.29, 1.82) is 0 Å². The van der Waals surface area contributed by atoms with Crippen molar-refractivity contribution >= 4 is 18.3 Å². The molecule has 1 heterocycles. The number of benzene rings is 1. The molecule has 19 heavy (non-hydrogen) atoms. The van der Waals surface area contributed by atoms with E-state index in [0.717, 1.165) is 24.4 Å². The molecule has 1 N–H and O–H groups in total. The maximum atomic E-state index is 11.9. The van der Waals surface area contributed by atoms with Gasteiger partial charge in [-0.3, -0.25) is 4.79 Å². The second kappa shape index (κ2) is 7.36. The van der Waals surface area contributed by atoms with Crippen molar-refractivity contribution in [3.63, 3.8) is 0 Å². The Morgan fingerprint density at radius 1 is 1.42 bits per heavy atom. The molecule has 1 aromatic rings. The lowest BCUT2D eigenvalue weighted by molar-refractivity contribution is -0.136. The van der Waals surface area contributed by atoms with Gasteiger partial charge in [-0.1, -0.05) is 18.2 Å². The first-order valence-corrected chi connectivity index (χ1v) is 6.32. The fraction of sp³-hybridized carbons (Fsp3) is 0.500. The van der Waals surface area contributed by atoms with Crippen LogP contribution in [0, 0.1) is 12.8 Å². The van der Waals surface area contributed by atoms with E-state index in [4.69, 9.17) is 4.74 Å². The quantitative estimate of drug-likeness (QED) is 0.890. The summed E-state index contributed by atoms with van der Waals surface area (Å²) in [4.78, 5) is 13.6. The molecule has 0 aliphatic carbocycles. The Morgan fingerprint density at radius 2 is 2.11 bits per heavy atom. The second-order valence-electron chi connectivity index (χ2n) is 4.73. The number of rotatable bonds is 5. The van der Waals surface area contributed by atoms with E-state index in [1.54, 1.807) is 4.90 Å². The monoisotopic (exact) mass is 284 g/mol. The van der Waals surface area contributed by atoms with Gasteiger partial charge in [-0.25, -0.2) is 0 Å². The largest absolute Gasteiger partial charge is 0.491 e. The Balaban J connectivity index is 0.00000180. The first-order chi connectivity index (χ1) is 8.68. The number of halogens is 1. The van der Waals surface area contributed by atoms with Crippen LogP contribution in [0.15, 0.2) is 24.3 Å². The number of hydrogen-bond acceptors (Lipinski definition) is 3. The molecule has 0 saturated carbocycles. The van der Waals surface area contributed by atoms with Crippen LogP contribution in [0.25, 0.3) is 0 Å².